The standard InChI is InChI=1S/3C10H8O3S.Fe/c3*11-14(12,13)10-7-3-5-8-4-1-2-6-9(8)10;/h3*1-7H,(H,11,12,13);/q;;;+3/p-3. The van der Waals surface area contributed by atoms with Gasteiger partial charge in [-0.1, -0.05) is 109 Å². The first-order chi connectivity index (χ1) is 19.8. The quantitative estimate of drug-likeness (QED) is 0.180. The molecular weight excluding hydrogens is 656 g/mol. The van der Waals surface area contributed by atoms with Crippen molar-refractivity contribution in [3.05, 3.63) is 127 Å². The van der Waals surface area contributed by atoms with Gasteiger partial charge >= 0.3 is 17.1 Å². The molecule has 0 aromatic heterocycles. The van der Waals surface area contributed by atoms with Gasteiger partial charge in [0, 0.05) is 0 Å². The summed E-state index contributed by atoms with van der Waals surface area (Å²) in [5.41, 5.74) is 0. The van der Waals surface area contributed by atoms with Crippen LogP contribution in [0.5, 0.6) is 0 Å². The fourth-order valence-corrected chi connectivity index (χ4v) is 6.34. The number of benzene rings is 6. The van der Waals surface area contributed by atoms with E-state index in [2.05, 4.69) is 0 Å². The van der Waals surface area contributed by atoms with E-state index in [-0.39, 0.29) is 31.8 Å². The van der Waals surface area contributed by atoms with Crippen LogP contribution in [0.3, 0.4) is 0 Å². The Morgan fingerprint density at radius 3 is 0.767 bits per heavy atom. The topological polar surface area (TPSA) is 172 Å². The van der Waals surface area contributed by atoms with Crippen LogP contribution in [0.15, 0.2) is 142 Å². The number of rotatable bonds is 3. The summed E-state index contributed by atoms with van der Waals surface area (Å²) in [5, 5.41) is 3.69. The van der Waals surface area contributed by atoms with Crippen LogP contribution in [0.2, 0.25) is 0 Å². The summed E-state index contributed by atoms with van der Waals surface area (Å²) in [6, 6.07) is 34.6. The van der Waals surface area contributed by atoms with Crippen LogP contribution in [0.1, 0.15) is 0 Å². The van der Waals surface area contributed by atoms with Crippen molar-refractivity contribution in [2.75, 3.05) is 0 Å². The first-order valence-corrected chi connectivity index (χ1v) is 16.3. The molecule has 0 atom stereocenters. The van der Waals surface area contributed by atoms with Crippen molar-refractivity contribution in [3.8, 4) is 0 Å². The molecule has 0 heterocycles. The first kappa shape index (κ1) is 33.8. The average Bonchev–Trinajstić information content (AvgIpc) is 2.95. The van der Waals surface area contributed by atoms with Crippen molar-refractivity contribution in [1.82, 2.24) is 0 Å². The van der Waals surface area contributed by atoms with Gasteiger partial charge in [0.1, 0.15) is 30.4 Å². The van der Waals surface area contributed by atoms with Crippen LogP contribution in [0.4, 0.5) is 0 Å². The monoisotopic (exact) mass is 677 g/mol. The van der Waals surface area contributed by atoms with Gasteiger partial charge in [0.25, 0.3) is 0 Å². The summed E-state index contributed by atoms with van der Waals surface area (Å²) in [6.45, 7) is 0. The van der Waals surface area contributed by atoms with Gasteiger partial charge in [-0.05, 0) is 50.5 Å². The van der Waals surface area contributed by atoms with Gasteiger partial charge < -0.3 is 13.7 Å². The van der Waals surface area contributed by atoms with Crippen LogP contribution < -0.4 is 0 Å². The zero-order valence-corrected chi connectivity index (χ0v) is 25.4. The van der Waals surface area contributed by atoms with E-state index in [0.717, 1.165) is 16.2 Å². The van der Waals surface area contributed by atoms with Crippen LogP contribution in [0, 0.1) is 0 Å². The van der Waals surface area contributed by atoms with E-state index in [1.165, 1.54) is 18.2 Å². The molecule has 9 nitrogen and oxygen atoms in total. The van der Waals surface area contributed by atoms with Crippen molar-refractivity contribution < 1.29 is 56.0 Å². The molecule has 0 aliphatic carbocycles. The Kier molecular flexibility index (Phi) is 10.8. The Hall–Kier alpha value is -3.65. The molecule has 0 aliphatic heterocycles. The maximum Gasteiger partial charge on any atom is 3.00 e. The second-order valence-electron chi connectivity index (χ2n) is 8.79. The molecule has 0 fully saturated rings. The van der Waals surface area contributed by atoms with Crippen LogP contribution >= 0.6 is 0 Å². The van der Waals surface area contributed by atoms with Gasteiger partial charge in [0.2, 0.25) is 0 Å². The second-order valence-corrected chi connectivity index (χ2v) is 12.8. The van der Waals surface area contributed by atoms with E-state index in [1.807, 2.05) is 0 Å². The number of hydrogen-bond donors (Lipinski definition) is 0. The minimum Gasteiger partial charge on any atom is -0.744 e. The molecule has 0 amide bonds. The molecule has 0 saturated heterocycles. The molecule has 0 saturated carbocycles. The summed E-state index contributed by atoms with van der Waals surface area (Å²) in [5.74, 6) is 0. The molecule has 6 aromatic rings. The van der Waals surface area contributed by atoms with Crippen LogP contribution in [-0.4, -0.2) is 38.9 Å². The Labute approximate surface area is 259 Å². The van der Waals surface area contributed by atoms with Crippen molar-refractivity contribution >= 4 is 62.7 Å². The summed E-state index contributed by atoms with van der Waals surface area (Å²) in [4.78, 5) is -0.471. The molecular formula is C30H21FeO9S3. The Bertz CT molecular complexity index is 1960. The van der Waals surface area contributed by atoms with E-state index in [4.69, 9.17) is 0 Å². The van der Waals surface area contributed by atoms with E-state index in [0.29, 0.717) is 16.2 Å². The summed E-state index contributed by atoms with van der Waals surface area (Å²) >= 11 is 0. The smallest absolute Gasteiger partial charge is 0.744 e. The van der Waals surface area contributed by atoms with Gasteiger partial charge in [-0.25, -0.2) is 25.3 Å². The van der Waals surface area contributed by atoms with Crippen LogP contribution in [0.25, 0.3) is 32.3 Å². The Morgan fingerprint density at radius 1 is 0.326 bits per heavy atom. The zero-order chi connectivity index (χ0) is 30.5. The fraction of sp³-hybridized carbons (Fsp3) is 0. The molecule has 0 unspecified atom stereocenters. The number of fused-ring (bicyclic) bond motifs is 3. The molecule has 0 N–H and O–H groups in total. The van der Waals surface area contributed by atoms with E-state index < -0.39 is 30.4 Å². The molecule has 221 valence electrons. The first-order valence-electron chi connectivity index (χ1n) is 12.1. The van der Waals surface area contributed by atoms with E-state index in [1.54, 1.807) is 109 Å². The molecule has 13 heteroatoms. The minimum absolute atomic E-state index is 0. The minimum atomic E-state index is -4.38. The largest absolute Gasteiger partial charge is 3.00 e. The fourth-order valence-electron chi connectivity index (χ4n) is 4.24. The van der Waals surface area contributed by atoms with Gasteiger partial charge in [-0.15, -0.1) is 0 Å². The van der Waals surface area contributed by atoms with Gasteiger partial charge in [-0.3, -0.25) is 0 Å². The Balaban J connectivity index is 0.000000175. The van der Waals surface area contributed by atoms with E-state index >= 15 is 0 Å². The summed E-state index contributed by atoms with van der Waals surface area (Å²) in [6.07, 6.45) is 0. The normalized spacial score (nSPS) is 11.5. The van der Waals surface area contributed by atoms with Crippen molar-refractivity contribution in [2.24, 2.45) is 0 Å². The molecule has 6 aromatic carbocycles. The predicted molar refractivity (Wildman–Crippen MR) is 156 cm³/mol. The second kappa shape index (κ2) is 13.8. The van der Waals surface area contributed by atoms with Gasteiger partial charge in [0.15, 0.2) is 0 Å². The van der Waals surface area contributed by atoms with Crippen LogP contribution in [-0.2, 0) is 47.4 Å². The number of hydrogen-bond acceptors (Lipinski definition) is 9. The van der Waals surface area contributed by atoms with Crippen molar-refractivity contribution in [3.63, 3.8) is 0 Å². The van der Waals surface area contributed by atoms with Gasteiger partial charge in [-0.2, -0.15) is 0 Å². The molecule has 0 bridgehead atoms. The molecule has 0 spiro atoms. The molecule has 1 radical (unpaired) electrons. The third-order valence-electron chi connectivity index (χ3n) is 6.06. The molecule has 6 rings (SSSR count). The summed E-state index contributed by atoms with van der Waals surface area (Å²) in [7, 11) is -13.1. The van der Waals surface area contributed by atoms with E-state index in [9.17, 15) is 38.9 Å². The average molecular weight is 678 g/mol. The maximum absolute atomic E-state index is 10.9. The van der Waals surface area contributed by atoms with Gasteiger partial charge in [0.05, 0.1) is 14.7 Å². The third-order valence-corrected chi connectivity index (χ3v) is 8.74. The molecule has 0 aliphatic rings. The SMILES string of the molecule is O=S(=O)([O-])c1cccc2ccccc12.O=S(=O)([O-])c1cccc2ccccc12.O=S(=O)([O-])c1cccc2ccccc12.[Fe+3]. The maximum atomic E-state index is 10.9. The molecule has 43 heavy (non-hydrogen) atoms. The predicted octanol–water partition coefficient (Wildman–Crippen LogP) is 5.23. The van der Waals surface area contributed by atoms with Crippen molar-refractivity contribution in [2.45, 2.75) is 14.7 Å². The summed E-state index contributed by atoms with van der Waals surface area (Å²) < 4.78 is 98.0. The third kappa shape index (κ3) is 8.47. The zero-order valence-electron chi connectivity index (χ0n) is 21.9. The Morgan fingerprint density at radius 2 is 0.535 bits per heavy atom. The van der Waals surface area contributed by atoms with Crippen molar-refractivity contribution in [1.29, 1.82) is 0 Å².